The van der Waals surface area contributed by atoms with Crippen molar-refractivity contribution in [3.8, 4) is 0 Å². The number of benzene rings is 1. The van der Waals surface area contributed by atoms with E-state index in [1.165, 1.54) is 49.7 Å². The zero-order valence-electron chi connectivity index (χ0n) is 19.7. The number of hydrogen-bond donors (Lipinski definition) is 2. The molecule has 0 unspecified atom stereocenters. The molecule has 0 aliphatic carbocycles. The maximum atomic E-state index is 3.81. The molecule has 0 saturated carbocycles. The Bertz CT molecular complexity index is 575. The van der Waals surface area contributed by atoms with Crippen molar-refractivity contribution in [1.82, 2.24) is 10.6 Å². The van der Waals surface area contributed by atoms with Crippen LogP contribution in [0.25, 0.3) is 0 Å². The second-order valence-electron chi connectivity index (χ2n) is 12.6. The van der Waals surface area contributed by atoms with Gasteiger partial charge in [0.1, 0.15) is 0 Å². The summed E-state index contributed by atoms with van der Waals surface area (Å²) >= 11 is 0. The van der Waals surface area contributed by atoms with E-state index in [-0.39, 0.29) is 22.2 Å². The summed E-state index contributed by atoms with van der Waals surface area (Å²) in [5.41, 5.74) is 3.96. The topological polar surface area (TPSA) is 24.1 Å². The molecule has 2 heteroatoms. The normalized spacial score (nSPS) is 26.9. The predicted molar refractivity (Wildman–Crippen MR) is 122 cm³/mol. The quantitative estimate of drug-likeness (QED) is 0.677. The van der Waals surface area contributed by atoms with E-state index in [4.69, 9.17) is 0 Å². The maximum Gasteiger partial charge on any atom is 0.0132 e. The minimum atomic E-state index is 0.237. The third kappa shape index (κ3) is 6.07. The van der Waals surface area contributed by atoms with Gasteiger partial charge in [-0.25, -0.2) is 0 Å². The van der Waals surface area contributed by atoms with Gasteiger partial charge in [0.15, 0.2) is 0 Å². The Balaban J connectivity index is 1.61. The second-order valence-corrected chi connectivity index (χ2v) is 12.6. The molecule has 0 aromatic heterocycles. The molecule has 0 spiro atoms. The summed E-state index contributed by atoms with van der Waals surface area (Å²) in [7, 11) is 0. The molecular weight excluding hydrogens is 340 g/mol. The van der Waals surface area contributed by atoms with Gasteiger partial charge in [0.05, 0.1) is 0 Å². The minimum Gasteiger partial charge on any atom is -0.307 e. The molecule has 0 amide bonds. The first-order valence-corrected chi connectivity index (χ1v) is 11.4. The first-order chi connectivity index (χ1) is 12.7. The van der Waals surface area contributed by atoms with Crippen LogP contribution in [0.15, 0.2) is 24.3 Å². The molecule has 2 heterocycles. The van der Waals surface area contributed by atoms with Crippen molar-refractivity contribution in [2.45, 2.75) is 116 Å². The molecule has 158 valence electrons. The lowest BCUT2D eigenvalue weighted by atomic mass is 9.73. The molecule has 2 N–H and O–H groups in total. The van der Waals surface area contributed by atoms with Crippen LogP contribution in [0.2, 0.25) is 0 Å². The lowest BCUT2D eigenvalue weighted by Crippen LogP contribution is -2.58. The van der Waals surface area contributed by atoms with Crippen LogP contribution >= 0.6 is 0 Å². The highest BCUT2D eigenvalue weighted by molar-refractivity contribution is 5.24. The molecule has 2 saturated heterocycles. The molecule has 0 bridgehead atoms. The summed E-state index contributed by atoms with van der Waals surface area (Å²) in [5.74, 6) is 1.53. The van der Waals surface area contributed by atoms with Crippen molar-refractivity contribution in [3.63, 3.8) is 0 Å². The van der Waals surface area contributed by atoms with Crippen LogP contribution in [0.1, 0.15) is 92.2 Å². The lowest BCUT2D eigenvalue weighted by molar-refractivity contribution is 0.127. The number of rotatable bonds is 4. The first kappa shape index (κ1) is 21.8. The van der Waals surface area contributed by atoms with Crippen LogP contribution in [-0.2, 0) is 12.8 Å². The third-order valence-corrected chi connectivity index (χ3v) is 6.62. The molecule has 2 fully saturated rings. The highest BCUT2D eigenvalue weighted by Gasteiger charge is 2.38. The van der Waals surface area contributed by atoms with Crippen molar-refractivity contribution in [3.05, 3.63) is 35.4 Å². The Morgan fingerprint density at radius 1 is 0.571 bits per heavy atom. The Hall–Kier alpha value is -0.860. The molecule has 2 aliphatic rings. The first-order valence-electron chi connectivity index (χ1n) is 11.4. The number of piperidine rings is 2. The van der Waals surface area contributed by atoms with Crippen molar-refractivity contribution < 1.29 is 0 Å². The molecule has 2 nitrogen and oxygen atoms in total. The fraction of sp³-hybridized carbons (Fsp3) is 0.769. The Labute approximate surface area is 174 Å². The molecule has 1 aromatic rings. The average Bonchev–Trinajstić information content (AvgIpc) is 2.42. The zero-order chi connectivity index (χ0) is 20.8. The van der Waals surface area contributed by atoms with Gasteiger partial charge in [-0.2, -0.15) is 0 Å². The van der Waals surface area contributed by atoms with Crippen LogP contribution < -0.4 is 10.6 Å². The van der Waals surface area contributed by atoms with Crippen molar-refractivity contribution in [1.29, 1.82) is 0 Å². The van der Waals surface area contributed by atoms with Crippen molar-refractivity contribution in [2.75, 3.05) is 0 Å². The molecule has 28 heavy (non-hydrogen) atoms. The summed E-state index contributed by atoms with van der Waals surface area (Å²) < 4.78 is 0. The highest BCUT2D eigenvalue weighted by Crippen LogP contribution is 2.36. The van der Waals surface area contributed by atoms with E-state index in [0.29, 0.717) is 0 Å². The van der Waals surface area contributed by atoms with Gasteiger partial charge >= 0.3 is 0 Å². The van der Waals surface area contributed by atoms with E-state index >= 15 is 0 Å². The van der Waals surface area contributed by atoms with Gasteiger partial charge in [-0.1, -0.05) is 24.3 Å². The smallest absolute Gasteiger partial charge is 0.0132 e. The Kier molecular flexibility index (Phi) is 5.80. The van der Waals surface area contributed by atoms with Crippen LogP contribution in [0.4, 0.5) is 0 Å². The fourth-order valence-electron chi connectivity index (χ4n) is 6.83. The van der Waals surface area contributed by atoms with E-state index in [1.54, 1.807) is 0 Å². The summed E-state index contributed by atoms with van der Waals surface area (Å²) in [6.07, 6.45) is 7.47. The van der Waals surface area contributed by atoms with Crippen LogP contribution in [0.3, 0.4) is 0 Å². The van der Waals surface area contributed by atoms with Gasteiger partial charge in [0.25, 0.3) is 0 Å². The van der Waals surface area contributed by atoms with Crippen LogP contribution in [0, 0.1) is 11.8 Å². The van der Waals surface area contributed by atoms with Gasteiger partial charge < -0.3 is 10.6 Å². The zero-order valence-corrected chi connectivity index (χ0v) is 19.7. The standard InChI is InChI=1S/C26H44N2/c1-23(2)15-21(16-24(3,4)27-23)13-19-9-11-20(12-10-19)14-22-17-25(5,6)28-26(7,8)18-22/h9-12,21-22,27-28H,13-18H2,1-8H3. The second kappa shape index (κ2) is 7.43. The van der Waals surface area contributed by atoms with Crippen LogP contribution in [0.5, 0.6) is 0 Å². The molecule has 3 rings (SSSR count). The van der Waals surface area contributed by atoms with E-state index < -0.39 is 0 Å². The van der Waals surface area contributed by atoms with Crippen molar-refractivity contribution >= 4 is 0 Å². The van der Waals surface area contributed by atoms with E-state index in [0.717, 1.165) is 11.8 Å². The van der Waals surface area contributed by atoms with Crippen LogP contribution in [-0.4, -0.2) is 22.2 Å². The Morgan fingerprint density at radius 3 is 1.07 bits per heavy atom. The summed E-state index contributed by atoms with van der Waals surface area (Å²) in [6.45, 7) is 18.8. The number of hydrogen-bond acceptors (Lipinski definition) is 2. The summed E-state index contributed by atoms with van der Waals surface area (Å²) in [6, 6.07) is 9.59. The molecule has 2 aliphatic heterocycles. The lowest BCUT2D eigenvalue weighted by Gasteiger charge is -2.47. The van der Waals surface area contributed by atoms with Gasteiger partial charge in [0.2, 0.25) is 0 Å². The molecule has 1 aromatic carbocycles. The largest absolute Gasteiger partial charge is 0.307 e. The van der Waals surface area contributed by atoms with E-state index in [9.17, 15) is 0 Å². The van der Waals surface area contributed by atoms with Gasteiger partial charge in [-0.15, -0.1) is 0 Å². The minimum absolute atomic E-state index is 0.237. The molecular formula is C26H44N2. The SMILES string of the molecule is CC1(C)CC(Cc2ccc(CC3CC(C)(C)NC(C)(C)C3)cc2)CC(C)(C)N1. The van der Waals surface area contributed by atoms with Gasteiger partial charge in [-0.05, 0) is 117 Å². The van der Waals surface area contributed by atoms with Crippen molar-refractivity contribution in [2.24, 2.45) is 11.8 Å². The third-order valence-electron chi connectivity index (χ3n) is 6.62. The molecule has 0 radical (unpaired) electrons. The number of nitrogens with one attached hydrogen (secondary N) is 2. The molecule has 0 atom stereocenters. The van der Waals surface area contributed by atoms with Gasteiger partial charge in [0, 0.05) is 22.2 Å². The fourth-order valence-corrected chi connectivity index (χ4v) is 6.83. The predicted octanol–water partition coefficient (Wildman–Crippen LogP) is 5.89. The maximum absolute atomic E-state index is 3.81. The summed E-state index contributed by atoms with van der Waals surface area (Å²) in [5, 5.41) is 7.62. The Morgan fingerprint density at radius 2 is 0.821 bits per heavy atom. The summed E-state index contributed by atoms with van der Waals surface area (Å²) in [4.78, 5) is 0. The van der Waals surface area contributed by atoms with E-state index in [2.05, 4.69) is 90.3 Å². The monoisotopic (exact) mass is 384 g/mol. The van der Waals surface area contributed by atoms with Gasteiger partial charge in [-0.3, -0.25) is 0 Å². The average molecular weight is 385 g/mol. The van der Waals surface area contributed by atoms with E-state index in [1.807, 2.05) is 0 Å². The highest BCUT2D eigenvalue weighted by atomic mass is 15.1.